The summed E-state index contributed by atoms with van der Waals surface area (Å²) >= 11 is 0. The predicted molar refractivity (Wildman–Crippen MR) is 163 cm³/mol. The lowest BCUT2D eigenvalue weighted by Gasteiger charge is -2.25. The average molecular weight is 519 g/mol. The van der Waals surface area contributed by atoms with E-state index in [1.807, 2.05) is 6.07 Å². The maximum absolute atomic E-state index is 9.92. The Bertz CT molecular complexity index is 1160. The molecule has 37 heavy (non-hydrogen) atoms. The molecule has 200 valence electrons. The first kappa shape index (κ1) is 29.4. The van der Waals surface area contributed by atoms with Gasteiger partial charge in [-0.2, -0.15) is 0 Å². The summed E-state index contributed by atoms with van der Waals surface area (Å²) < 4.78 is 6.00. The van der Waals surface area contributed by atoms with E-state index in [1.165, 1.54) is 75.8 Å². The van der Waals surface area contributed by atoms with Gasteiger partial charge in [0.1, 0.15) is 5.75 Å². The molecule has 3 rings (SSSR count). The Morgan fingerprint density at radius 1 is 0.595 bits per heavy atom. The Morgan fingerprint density at radius 3 is 1.59 bits per heavy atom. The molecule has 0 aliphatic rings. The monoisotopic (exact) mass is 518 g/mol. The largest absolute Gasteiger partial charge is 0.449 e. The van der Waals surface area contributed by atoms with Crippen molar-refractivity contribution in [2.24, 2.45) is 0 Å². The average Bonchev–Trinajstić information content (AvgIpc) is 2.93. The highest BCUT2D eigenvalue weighted by Crippen LogP contribution is 2.47. The number of unbranched alkanes of at least 4 members (excludes halogenated alkanes) is 2. The van der Waals surface area contributed by atoms with Crippen LogP contribution in [0.15, 0.2) is 42.5 Å². The van der Waals surface area contributed by atoms with Gasteiger partial charge in [-0.05, 0) is 108 Å². The van der Waals surface area contributed by atoms with Crippen molar-refractivity contribution in [1.82, 2.24) is 0 Å². The molecule has 3 aromatic carbocycles. The first-order valence-electron chi connectivity index (χ1n) is 14.6. The molecule has 0 saturated carbocycles. The maximum atomic E-state index is 9.92. The molecule has 0 fully saturated rings. The van der Waals surface area contributed by atoms with E-state index in [1.54, 1.807) is 0 Å². The molecule has 0 aromatic heterocycles. The number of hydrogen-bond acceptors (Lipinski definition) is 2. The maximum Gasteiger partial charge on any atom is 0.212 e. The van der Waals surface area contributed by atoms with Gasteiger partial charge in [0, 0.05) is 5.56 Å². The van der Waals surface area contributed by atoms with Crippen LogP contribution in [0.1, 0.15) is 101 Å². The number of benzene rings is 3. The van der Waals surface area contributed by atoms with E-state index in [9.17, 15) is 4.89 Å². The summed E-state index contributed by atoms with van der Waals surface area (Å²) in [5.41, 5.74) is 13.7. The summed E-state index contributed by atoms with van der Waals surface area (Å²) in [4.78, 5) is 9.92. The van der Waals surface area contributed by atoms with Gasteiger partial charge < -0.3 is 9.42 Å². The zero-order valence-electron chi connectivity index (χ0n) is 24.0. The molecule has 1 N–H and O–H groups in total. The fourth-order valence-electron chi connectivity index (χ4n) is 5.86. The third-order valence-corrected chi connectivity index (χ3v) is 8.07. The number of hydrogen-bond donors (Lipinski definition) is 1. The molecule has 1 atom stereocenters. The van der Waals surface area contributed by atoms with Crippen molar-refractivity contribution in [3.8, 4) is 28.0 Å². The van der Waals surface area contributed by atoms with Crippen LogP contribution >= 0.6 is 9.03 Å². The second-order valence-electron chi connectivity index (χ2n) is 9.97. The van der Waals surface area contributed by atoms with E-state index >= 15 is 0 Å². The number of aryl methyl sites for hydroxylation is 4. The van der Waals surface area contributed by atoms with Gasteiger partial charge in [-0.15, -0.1) is 0 Å². The van der Waals surface area contributed by atoms with Crippen molar-refractivity contribution in [3.63, 3.8) is 0 Å². The molecule has 2 nitrogen and oxygen atoms in total. The molecule has 0 aliphatic carbocycles. The van der Waals surface area contributed by atoms with E-state index in [-0.39, 0.29) is 0 Å². The molecular weight excluding hydrogens is 471 g/mol. The molecule has 0 radical (unpaired) electrons. The molecule has 1 unspecified atom stereocenters. The number of rotatable bonds is 14. The Morgan fingerprint density at radius 2 is 1.11 bits per heavy atom. The third kappa shape index (κ3) is 6.47. The topological polar surface area (TPSA) is 29.5 Å². The summed E-state index contributed by atoms with van der Waals surface area (Å²) in [6.07, 6.45) is 10.9. The minimum Gasteiger partial charge on any atom is -0.449 e. The summed E-state index contributed by atoms with van der Waals surface area (Å²) in [7, 11) is -0.584. The lowest BCUT2D eigenvalue weighted by molar-refractivity contribution is 0.515. The van der Waals surface area contributed by atoms with Crippen molar-refractivity contribution in [1.29, 1.82) is 0 Å². The molecule has 0 spiro atoms. The fraction of sp³-hybridized carbons (Fsp3) is 0.471. The van der Waals surface area contributed by atoms with Crippen LogP contribution < -0.4 is 4.52 Å². The molecule has 0 aliphatic heterocycles. The Hall–Kier alpha value is -2.15. The fourth-order valence-corrected chi connectivity index (χ4v) is 6.13. The van der Waals surface area contributed by atoms with Crippen LogP contribution in [0.5, 0.6) is 5.75 Å². The van der Waals surface area contributed by atoms with Gasteiger partial charge in [-0.1, -0.05) is 90.8 Å². The quantitative estimate of drug-likeness (QED) is 0.215. The summed E-state index contributed by atoms with van der Waals surface area (Å²) in [6, 6.07) is 15.8. The van der Waals surface area contributed by atoms with Gasteiger partial charge in [0.25, 0.3) is 0 Å². The van der Waals surface area contributed by atoms with E-state index in [4.69, 9.17) is 4.52 Å². The summed E-state index contributed by atoms with van der Waals surface area (Å²) in [5, 5.41) is 0. The lowest BCUT2D eigenvalue weighted by Crippen LogP contribution is -2.05. The van der Waals surface area contributed by atoms with Crippen LogP contribution in [-0.2, 0) is 38.5 Å². The molecule has 0 amide bonds. The lowest BCUT2D eigenvalue weighted by atomic mass is 9.80. The molecule has 3 heteroatoms. The first-order chi connectivity index (χ1) is 18.1. The van der Waals surface area contributed by atoms with Crippen molar-refractivity contribution in [3.05, 3.63) is 75.8 Å². The molecule has 0 heterocycles. The van der Waals surface area contributed by atoms with Crippen LogP contribution in [0, 0.1) is 0 Å². The van der Waals surface area contributed by atoms with Crippen LogP contribution in [0.25, 0.3) is 22.3 Å². The Labute approximate surface area is 227 Å². The van der Waals surface area contributed by atoms with Crippen molar-refractivity contribution >= 4 is 9.03 Å². The second-order valence-corrected chi connectivity index (χ2v) is 10.4. The van der Waals surface area contributed by atoms with E-state index < -0.39 is 9.03 Å². The van der Waals surface area contributed by atoms with Gasteiger partial charge in [-0.3, -0.25) is 0 Å². The predicted octanol–water partition coefficient (Wildman–Crippen LogP) is 9.83. The van der Waals surface area contributed by atoms with E-state index in [0.717, 1.165) is 49.8 Å². The van der Waals surface area contributed by atoms with Gasteiger partial charge in [0.2, 0.25) is 9.03 Å². The molecule has 0 bridgehead atoms. The summed E-state index contributed by atoms with van der Waals surface area (Å²) in [6.45, 7) is 13.6. The van der Waals surface area contributed by atoms with Gasteiger partial charge in [0.05, 0.1) is 0 Å². The van der Waals surface area contributed by atoms with Crippen LogP contribution in [-0.4, -0.2) is 4.89 Å². The first-order valence-corrected chi connectivity index (χ1v) is 15.4. The van der Waals surface area contributed by atoms with Gasteiger partial charge >= 0.3 is 0 Å². The second kappa shape index (κ2) is 14.7. The summed E-state index contributed by atoms with van der Waals surface area (Å²) in [5.74, 6) is 0.790. The smallest absolute Gasteiger partial charge is 0.212 e. The van der Waals surface area contributed by atoms with E-state index in [2.05, 4.69) is 77.9 Å². The van der Waals surface area contributed by atoms with Crippen LogP contribution in [0.4, 0.5) is 0 Å². The van der Waals surface area contributed by atoms with Crippen molar-refractivity contribution in [2.45, 2.75) is 106 Å². The van der Waals surface area contributed by atoms with Crippen molar-refractivity contribution < 1.29 is 9.42 Å². The minimum atomic E-state index is -0.584. The zero-order valence-corrected chi connectivity index (χ0v) is 25.0. The highest BCUT2D eigenvalue weighted by Gasteiger charge is 2.24. The zero-order chi connectivity index (χ0) is 26.8. The molecule has 0 saturated heterocycles. The highest BCUT2D eigenvalue weighted by molar-refractivity contribution is 7.25. The van der Waals surface area contributed by atoms with Crippen molar-refractivity contribution in [2.75, 3.05) is 0 Å². The minimum absolute atomic E-state index is 0.584. The Kier molecular flexibility index (Phi) is 11.7. The van der Waals surface area contributed by atoms with Gasteiger partial charge in [-0.25, -0.2) is 0 Å². The highest BCUT2D eigenvalue weighted by atomic mass is 31.1. The molecular formula is C34H47O2P. The Balaban J connectivity index is 2.46. The molecule has 3 aromatic rings. The normalized spacial score (nSPS) is 11.5. The standard InChI is InChI=1S/C34H47O2P/c1-7-13-16-26-22-20-24(9-3)32(28(26)11-5)30-18-15-19-31(36-37-35)34(30)33-25(10-4)21-23-27(17-14-8-2)29(33)12-6/h15,18-23,35,37H,7-14,16-17H2,1-6H3. The van der Waals surface area contributed by atoms with Gasteiger partial charge in [0.15, 0.2) is 0 Å². The van der Waals surface area contributed by atoms with Crippen LogP contribution in [0.3, 0.4) is 0 Å². The third-order valence-electron chi connectivity index (χ3n) is 7.76. The van der Waals surface area contributed by atoms with Crippen LogP contribution in [0.2, 0.25) is 0 Å². The van der Waals surface area contributed by atoms with E-state index in [0.29, 0.717) is 0 Å². The SMILES string of the molecule is CCCCc1ccc(CC)c(-c2cccc(OPO)c2-c2c(CC)ccc(CCCC)c2CC)c1CC.